The Morgan fingerprint density at radius 1 is 1.36 bits per heavy atom. The van der Waals surface area contributed by atoms with E-state index in [-0.39, 0.29) is 0 Å². The van der Waals surface area contributed by atoms with E-state index in [1.54, 1.807) is 0 Å². The van der Waals surface area contributed by atoms with Crippen molar-refractivity contribution >= 4 is 11.6 Å². The van der Waals surface area contributed by atoms with Gasteiger partial charge < -0.3 is 5.32 Å². The van der Waals surface area contributed by atoms with Gasteiger partial charge in [0.25, 0.3) is 0 Å². The van der Waals surface area contributed by atoms with Crippen molar-refractivity contribution in [2.75, 3.05) is 12.4 Å². The van der Waals surface area contributed by atoms with E-state index < -0.39 is 0 Å². The fourth-order valence-electron chi connectivity index (χ4n) is 1.07. The van der Waals surface area contributed by atoms with Gasteiger partial charge in [0.05, 0.1) is 0 Å². The monoisotopic (exact) mass is 177 g/mol. The molecule has 1 atom stereocenters. The molecule has 0 bridgehead atoms. The minimum Gasteiger partial charge on any atom is -0.314 e. The SMILES string of the molecule is CCCCNC(CC)CCCl. The summed E-state index contributed by atoms with van der Waals surface area (Å²) in [5.41, 5.74) is 0. The molecule has 0 aliphatic heterocycles. The fourth-order valence-corrected chi connectivity index (χ4v) is 1.33. The third-order valence-corrected chi connectivity index (χ3v) is 2.13. The van der Waals surface area contributed by atoms with E-state index in [0.717, 1.165) is 18.8 Å². The molecule has 1 nitrogen and oxygen atoms in total. The molecule has 0 amide bonds. The molecule has 11 heavy (non-hydrogen) atoms. The van der Waals surface area contributed by atoms with Gasteiger partial charge in [-0.2, -0.15) is 0 Å². The minimum absolute atomic E-state index is 0.638. The molecular formula is C9H20ClN. The van der Waals surface area contributed by atoms with Crippen molar-refractivity contribution in [3.63, 3.8) is 0 Å². The zero-order chi connectivity index (χ0) is 8.53. The van der Waals surface area contributed by atoms with Crippen molar-refractivity contribution in [2.24, 2.45) is 0 Å². The van der Waals surface area contributed by atoms with E-state index in [9.17, 15) is 0 Å². The van der Waals surface area contributed by atoms with Crippen molar-refractivity contribution < 1.29 is 0 Å². The van der Waals surface area contributed by atoms with Crippen LogP contribution in [0, 0.1) is 0 Å². The number of alkyl halides is 1. The van der Waals surface area contributed by atoms with E-state index in [4.69, 9.17) is 11.6 Å². The smallest absolute Gasteiger partial charge is 0.0238 e. The van der Waals surface area contributed by atoms with Crippen LogP contribution in [-0.2, 0) is 0 Å². The topological polar surface area (TPSA) is 12.0 Å². The third-order valence-electron chi connectivity index (χ3n) is 1.91. The van der Waals surface area contributed by atoms with Gasteiger partial charge >= 0.3 is 0 Å². The molecule has 0 aromatic heterocycles. The highest BCUT2D eigenvalue weighted by molar-refractivity contribution is 6.17. The first-order valence-corrected chi connectivity index (χ1v) is 5.17. The van der Waals surface area contributed by atoms with Gasteiger partial charge in [0.15, 0.2) is 0 Å². The van der Waals surface area contributed by atoms with Crippen LogP contribution in [-0.4, -0.2) is 18.5 Å². The van der Waals surface area contributed by atoms with E-state index in [2.05, 4.69) is 19.2 Å². The van der Waals surface area contributed by atoms with Crippen molar-refractivity contribution in [3.05, 3.63) is 0 Å². The Balaban J connectivity index is 3.20. The lowest BCUT2D eigenvalue weighted by atomic mass is 10.1. The van der Waals surface area contributed by atoms with E-state index in [0.29, 0.717) is 6.04 Å². The molecule has 0 spiro atoms. The van der Waals surface area contributed by atoms with Crippen LogP contribution in [0.3, 0.4) is 0 Å². The molecule has 0 radical (unpaired) electrons. The number of rotatable bonds is 7. The first-order chi connectivity index (χ1) is 5.35. The van der Waals surface area contributed by atoms with Gasteiger partial charge in [0, 0.05) is 11.9 Å². The molecule has 0 rings (SSSR count). The molecule has 0 fully saturated rings. The molecule has 0 aliphatic carbocycles. The van der Waals surface area contributed by atoms with Gasteiger partial charge in [-0.3, -0.25) is 0 Å². The lowest BCUT2D eigenvalue weighted by molar-refractivity contribution is 0.479. The minimum atomic E-state index is 0.638. The van der Waals surface area contributed by atoms with Gasteiger partial charge in [-0.25, -0.2) is 0 Å². The van der Waals surface area contributed by atoms with Gasteiger partial charge in [-0.1, -0.05) is 20.3 Å². The van der Waals surface area contributed by atoms with Gasteiger partial charge in [0.1, 0.15) is 0 Å². The molecule has 0 aromatic carbocycles. The predicted molar refractivity (Wildman–Crippen MR) is 52.3 cm³/mol. The van der Waals surface area contributed by atoms with Crippen LogP contribution < -0.4 is 5.32 Å². The van der Waals surface area contributed by atoms with Gasteiger partial charge in [-0.05, 0) is 25.8 Å². The summed E-state index contributed by atoms with van der Waals surface area (Å²) in [5, 5.41) is 3.49. The van der Waals surface area contributed by atoms with Crippen molar-refractivity contribution in [1.82, 2.24) is 5.32 Å². The number of halogens is 1. The Labute approximate surface area is 75.5 Å². The molecule has 0 saturated carbocycles. The normalized spacial score (nSPS) is 13.4. The fraction of sp³-hybridized carbons (Fsp3) is 1.00. The first-order valence-electron chi connectivity index (χ1n) is 4.64. The Hall–Kier alpha value is 0.250. The van der Waals surface area contributed by atoms with Crippen molar-refractivity contribution in [1.29, 1.82) is 0 Å². The first kappa shape index (κ1) is 11.2. The maximum Gasteiger partial charge on any atom is 0.0238 e. The van der Waals surface area contributed by atoms with Gasteiger partial charge in [-0.15, -0.1) is 11.6 Å². The lowest BCUT2D eigenvalue weighted by Crippen LogP contribution is -2.29. The number of nitrogens with one attached hydrogen (secondary N) is 1. The van der Waals surface area contributed by atoms with Crippen LogP contribution in [0.5, 0.6) is 0 Å². The molecule has 68 valence electrons. The van der Waals surface area contributed by atoms with Crippen LogP contribution in [0.4, 0.5) is 0 Å². The van der Waals surface area contributed by atoms with Crippen LogP contribution >= 0.6 is 11.6 Å². The summed E-state index contributed by atoms with van der Waals surface area (Å²) in [6, 6.07) is 0.638. The molecule has 2 heteroatoms. The second kappa shape index (κ2) is 8.35. The standard InChI is InChI=1S/C9H20ClN/c1-3-5-8-11-9(4-2)6-7-10/h9,11H,3-8H2,1-2H3. The molecule has 0 saturated heterocycles. The molecule has 1 unspecified atom stereocenters. The van der Waals surface area contributed by atoms with Crippen LogP contribution in [0.25, 0.3) is 0 Å². The van der Waals surface area contributed by atoms with E-state index in [1.807, 2.05) is 0 Å². The number of hydrogen-bond acceptors (Lipinski definition) is 1. The highest BCUT2D eigenvalue weighted by atomic mass is 35.5. The van der Waals surface area contributed by atoms with Crippen LogP contribution in [0.1, 0.15) is 39.5 Å². The maximum absolute atomic E-state index is 5.65. The average molecular weight is 178 g/mol. The highest BCUT2D eigenvalue weighted by Crippen LogP contribution is 1.99. The largest absolute Gasteiger partial charge is 0.314 e. The Morgan fingerprint density at radius 2 is 2.09 bits per heavy atom. The van der Waals surface area contributed by atoms with E-state index in [1.165, 1.54) is 19.3 Å². The van der Waals surface area contributed by atoms with Crippen LogP contribution in [0.15, 0.2) is 0 Å². The summed E-state index contributed by atoms with van der Waals surface area (Å²) < 4.78 is 0. The summed E-state index contributed by atoms with van der Waals surface area (Å²) in [6.45, 7) is 5.56. The summed E-state index contributed by atoms with van der Waals surface area (Å²) in [7, 11) is 0. The van der Waals surface area contributed by atoms with E-state index >= 15 is 0 Å². The molecule has 0 heterocycles. The Bertz CT molecular complexity index is 76.0. The second-order valence-electron chi connectivity index (χ2n) is 2.89. The molecule has 0 aromatic rings. The summed E-state index contributed by atoms with van der Waals surface area (Å²) >= 11 is 5.65. The maximum atomic E-state index is 5.65. The van der Waals surface area contributed by atoms with Gasteiger partial charge in [0.2, 0.25) is 0 Å². The average Bonchev–Trinajstić information content (AvgIpc) is 2.03. The zero-order valence-electron chi connectivity index (χ0n) is 7.70. The number of unbranched alkanes of at least 4 members (excludes halogenated alkanes) is 1. The third kappa shape index (κ3) is 6.64. The lowest BCUT2D eigenvalue weighted by Gasteiger charge is -2.14. The van der Waals surface area contributed by atoms with Crippen molar-refractivity contribution in [2.45, 2.75) is 45.6 Å². The van der Waals surface area contributed by atoms with Crippen LogP contribution in [0.2, 0.25) is 0 Å². The Morgan fingerprint density at radius 3 is 2.55 bits per heavy atom. The Kier molecular flexibility index (Phi) is 8.54. The quantitative estimate of drug-likeness (QED) is 0.466. The molecular weight excluding hydrogens is 158 g/mol. The predicted octanol–water partition coefficient (Wildman–Crippen LogP) is 2.78. The summed E-state index contributed by atoms with van der Waals surface area (Å²) in [4.78, 5) is 0. The van der Waals surface area contributed by atoms with Crippen molar-refractivity contribution in [3.8, 4) is 0 Å². The zero-order valence-corrected chi connectivity index (χ0v) is 8.45. The number of hydrogen-bond donors (Lipinski definition) is 1. The highest BCUT2D eigenvalue weighted by Gasteiger charge is 2.02. The second-order valence-corrected chi connectivity index (χ2v) is 3.27. The summed E-state index contributed by atoms with van der Waals surface area (Å²) in [5.74, 6) is 0.775. The molecule has 1 N–H and O–H groups in total. The summed E-state index contributed by atoms with van der Waals surface area (Å²) in [6.07, 6.45) is 4.83. The molecule has 0 aliphatic rings.